The van der Waals surface area contributed by atoms with E-state index in [-0.39, 0.29) is 37.5 Å². The Morgan fingerprint density at radius 2 is 1.59 bits per heavy atom. The number of hydrogen-bond acceptors (Lipinski definition) is 6. The van der Waals surface area contributed by atoms with Gasteiger partial charge in [-0.25, -0.2) is 8.78 Å². The summed E-state index contributed by atoms with van der Waals surface area (Å²) < 4.78 is 31.1. The Morgan fingerprint density at radius 1 is 0.939 bits per heavy atom. The summed E-state index contributed by atoms with van der Waals surface area (Å²) >= 11 is 0. The maximum absolute atomic E-state index is 14.9. The monoisotopic (exact) mass is 676 g/mol. The summed E-state index contributed by atoms with van der Waals surface area (Å²) in [6.07, 6.45) is 4.04. The average molecular weight is 677 g/mol. The number of rotatable bonds is 14. The van der Waals surface area contributed by atoms with Crippen molar-refractivity contribution in [1.29, 1.82) is 0 Å². The van der Waals surface area contributed by atoms with Crippen LogP contribution in [0.1, 0.15) is 51.4 Å². The fourth-order valence-corrected chi connectivity index (χ4v) is 5.79. The van der Waals surface area contributed by atoms with Crippen LogP contribution in [0.25, 0.3) is 11.1 Å². The van der Waals surface area contributed by atoms with E-state index in [0.717, 1.165) is 40.8 Å². The van der Waals surface area contributed by atoms with Crippen LogP contribution >= 0.6 is 0 Å². The van der Waals surface area contributed by atoms with Crippen molar-refractivity contribution in [3.8, 4) is 11.1 Å². The Morgan fingerprint density at radius 3 is 2.22 bits per heavy atom. The Hall–Kier alpha value is -5.17. The molecule has 2 unspecified atom stereocenters. The van der Waals surface area contributed by atoms with Gasteiger partial charge in [0, 0.05) is 68.3 Å². The summed E-state index contributed by atoms with van der Waals surface area (Å²) in [5, 5.41) is 5.18. The van der Waals surface area contributed by atoms with Crippen LogP contribution in [0.5, 0.6) is 0 Å². The highest BCUT2D eigenvalue weighted by Gasteiger charge is 2.36. The van der Waals surface area contributed by atoms with Gasteiger partial charge in [0.25, 0.3) is 11.8 Å². The molecule has 260 valence electrons. The van der Waals surface area contributed by atoms with Gasteiger partial charge in [0.1, 0.15) is 18.2 Å². The van der Waals surface area contributed by atoms with Crippen LogP contribution in [0, 0.1) is 17.0 Å². The number of aromatic nitrogens is 1. The zero-order chi connectivity index (χ0) is 35.9. The van der Waals surface area contributed by atoms with Gasteiger partial charge in [-0.2, -0.15) is 0 Å². The van der Waals surface area contributed by atoms with Crippen molar-refractivity contribution in [2.45, 2.75) is 52.7 Å². The van der Waals surface area contributed by atoms with E-state index in [1.54, 1.807) is 17.2 Å². The molecule has 1 aromatic heterocycles. The number of nitrogens with two attached hydrogens (primary N) is 1. The number of carbonyl (C=O) groups excluding carboxylic acids is 5. The largest absolute Gasteiger partial charge is 0.353 e. The topological polar surface area (TPSA) is 147 Å². The predicted molar refractivity (Wildman–Crippen MR) is 179 cm³/mol. The van der Waals surface area contributed by atoms with Crippen molar-refractivity contribution in [1.82, 2.24) is 25.0 Å². The van der Waals surface area contributed by atoms with E-state index in [9.17, 15) is 32.8 Å². The number of hydrogen-bond donors (Lipinski definition) is 3. The van der Waals surface area contributed by atoms with Crippen molar-refractivity contribution >= 4 is 29.5 Å². The van der Waals surface area contributed by atoms with Gasteiger partial charge in [-0.15, -0.1) is 0 Å². The molecule has 0 saturated heterocycles. The Labute approximate surface area is 284 Å². The Bertz CT molecular complexity index is 1710. The Balaban J connectivity index is 1.48. The minimum Gasteiger partial charge on any atom is -0.353 e. The fraction of sp³-hybridized carbons (Fsp3) is 0.361. The molecule has 11 nitrogen and oxygen atoms in total. The fourth-order valence-electron chi connectivity index (χ4n) is 5.79. The second-order valence-corrected chi connectivity index (χ2v) is 13.0. The number of benzene rings is 2. The third-order valence-electron chi connectivity index (χ3n) is 8.15. The lowest BCUT2D eigenvalue weighted by atomic mass is 9.82. The second kappa shape index (κ2) is 15.8. The molecule has 0 spiro atoms. The molecule has 0 bridgehead atoms. The molecule has 49 heavy (non-hydrogen) atoms. The van der Waals surface area contributed by atoms with Gasteiger partial charge in [-0.1, -0.05) is 51.1 Å². The molecule has 2 aromatic carbocycles. The van der Waals surface area contributed by atoms with Crippen LogP contribution in [-0.4, -0.2) is 76.1 Å². The lowest BCUT2D eigenvalue weighted by Crippen LogP contribution is -2.48. The summed E-state index contributed by atoms with van der Waals surface area (Å²) in [7, 11) is 0. The SMILES string of the molecule is CC(=O)N(CCC(N)C(=O)NCCNC(=O)CN1C(=O)C=CC1=O)C(c1cc(-c2cc(F)ccc2F)cn1Cc1ccccc1)C(C)(C)C. The highest BCUT2D eigenvalue weighted by Crippen LogP contribution is 2.41. The number of nitrogens with zero attached hydrogens (tertiary/aromatic N) is 3. The number of halogens is 2. The molecule has 0 saturated carbocycles. The van der Waals surface area contributed by atoms with Gasteiger partial charge in [-0.05, 0) is 41.7 Å². The average Bonchev–Trinajstić information content (AvgIpc) is 3.59. The van der Waals surface area contributed by atoms with E-state index in [1.807, 2.05) is 55.7 Å². The van der Waals surface area contributed by atoms with Crippen LogP contribution < -0.4 is 16.4 Å². The highest BCUT2D eigenvalue weighted by molar-refractivity contribution is 6.14. The first kappa shape index (κ1) is 36.7. The molecule has 0 fully saturated rings. The predicted octanol–water partition coefficient (Wildman–Crippen LogP) is 3.29. The second-order valence-electron chi connectivity index (χ2n) is 13.0. The van der Waals surface area contributed by atoms with E-state index < -0.39 is 59.3 Å². The van der Waals surface area contributed by atoms with E-state index in [1.165, 1.54) is 6.92 Å². The molecule has 0 radical (unpaired) electrons. The van der Waals surface area contributed by atoms with Crippen LogP contribution in [-0.2, 0) is 30.5 Å². The smallest absolute Gasteiger partial charge is 0.254 e. The maximum atomic E-state index is 14.9. The van der Waals surface area contributed by atoms with Gasteiger partial charge in [-0.3, -0.25) is 28.9 Å². The van der Waals surface area contributed by atoms with Crippen molar-refractivity contribution < 1.29 is 32.8 Å². The number of carbonyl (C=O) groups is 5. The van der Waals surface area contributed by atoms with Gasteiger partial charge < -0.3 is 25.8 Å². The van der Waals surface area contributed by atoms with Crippen LogP contribution in [0.15, 0.2) is 72.9 Å². The number of amides is 5. The van der Waals surface area contributed by atoms with E-state index in [4.69, 9.17) is 5.73 Å². The van der Waals surface area contributed by atoms with Gasteiger partial charge in [0.15, 0.2) is 0 Å². The van der Waals surface area contributed by atoms with Crippen LogP contribution in [0.4, 0.5) is 8.78 Å². The lowest BCUT2D eigenvalue weighted by molar-refractivity contribution is -0.141. The number of imide groups is 1. The van der Waals surface area contributed by atoms with Gasteiger partial charge >= 0.3 is 0 Å². The molecule has 2 atom stereocenters. The van der Waals surface area contributed by atoms with Crippen molar-refractivity contribution in [2.75, 3.05) is 26.2 Å². The molecule has 2 heterocycles. The summed E-state index contributed by atoms with van der Waals surface area (Å²) in [5.41, 5.74) is 7.91. The first-order valence-corrected chi connectivity index (χ1v) is 16.0. The van der Waals surface area contributed by atoms with E-state index in [0.29, 0.717) is 17.8 Å². The van der Waals surface area contributed by atoms with Crippen molar-refractivity contribution in [3.63, 3.8) is 0 Å². The summed E-state index contributed by atoms with van der Waals surface area (Å²) in [6.45, 7) is 7.55. The molecule has 4 rings (SSSR count). The summed E-state index contributed by atoms with van der Waals surface area (Å²) in [5.74, 6) is -3.60. The first-order chi connectivity index (χ1) is 23.1. The van der Waals surface area contributed by atoms with Crippen molar-refractivity contribution in [2.24, 2.45) is 11.1 Å². The van der Waals surface area contributed by atoms with Crippen LogP contribution in [0.3, 0.4) is 0 Å². The van der Waals surface area contributed by atoms with Gasteiger partial charge in [0.2, 0.25) is 17.7 Å². The molecule has 5 amide bonds. The molecule has 13 heteroatoms. The standard InChI is InChI=1S/C36H42F2N6O5/c1-23(45)43(17-14-29(39)35(49)41-16-15-40-31(46)22-44-32(47)12-13-33(44)48)34(36(2,3)4)30-18-25(27-19-26(37)10-11-28(27)38)21-42(30)20-24-8-6-5-7-9-24/h5-13,18-19,21,29,34H,14-17,20,22,39H2,1-4H3,(H,40,46)(H,41,49). The van der Waals surface area contributed by atoms with Crippen LogP contribution in [0.2, 0.25) is 0 Å². The zero-order valence-corrected chi connectivity index (χ0v) is 28.0. The zero-order valence-electron chi connectivity index (χ0n) is 28.0. The third-order valence-corrected chi connectivity index (χ3v) is 8.15. The molecule has 4 N–H and O–H groups in total. The van der Waals surface area contributed by atoms with E-state index >= 15 is 0 Å². The van der Waals surface area contributed by atoms with Crippen molar-refractivity contribution in [3.05, 3.63) is 95.8 Å². The Kier molecular flexibility index (Phi) is 11.8. The minimum absolute atomic E-state index is 0.0409. The minimum atomic E-state index is -0.989. The van der Waals surface area contributed by atoms with E-state index in [2.05, 4.69) is 10.6 Å². The maximum Gasteiger partial charge on any atom is 0.254 e. The summed E-state index contributed by atoms with van der Waals surface area (Å²) in [6, 6.07) is 13.2. The summed E-state index contributed by atoms with van der Waals surface area (Å²) in [4.78, 5) is 63.9. The molecule has 1 aliphatic heterocycles. The molecule has 3 aromatic rings. The van der Waals surface area contributed by atoms with Gasteiger partial charge in [0.05, 0.1) is 12.1 Å². The normalized spacial score (nSPS) is 14.1. The third kappa shape index (κ3) is 9.47. The quantitative estimate of drug-likeness (QED) is 0.177. The molecule has 0 aliphatic carbocycles. The highest BCUT2D eigenvalue weighted by atomic mass is 19.1. The lowest BCUT2D eigenvalue weighted by Gasteiger charge is -2.41. The molecule has 1 aliphatic rings. The number of nitrogens with one attached hydrogen (secondary N) is 2. The molecular formula is C36H42F2N6O5. The first-order valence-electron chi connectivity index (χ1n) is 16.0. The molecular weight excluding hydrogens is 634 g/mol.